The quantitative estimate of drug-likeness (QED) is 0.748. The van der Waals surface area contributed by atoms with E-state index in [1.165, 1.54) is 12.1 Å². The molecule has 0 N–H and O–H groups in total. The van der Waals surface area contributed by atoms with Gasteiger partial charge in [-0.1, -0.05) is 28.1 Å². The summed E-state index contributed by atoms with van der Waals surface area (Å²) in [4.78, 5) is -0.696. The lowest BCUT2D eigenvalue weighted by molar-refractivity contribution is -0.139. The van der Waals surface area contributed by atoms with E-state index in [2.05, 4.69) is 15.9 Å². The standard InChI is InChI=1S/C12H13BrF3NO2S/c13-9-4-3-7-17(8-9)20(18,19)11-6-2-1-5-10(11)12(14,15)16/h1-2,5-6,9H,3-4,7-8H2. The van der Waals surface area contributed by atoms with E-state index in [4.69, 9.17) is 0 Å². The molecule has 3 nitrogen and oxygen atoms in total. The second-order valence-electron chi connectivity index (χ2n) is 4.60. The third kappa shape index (κ3) is 3.17. The molecule has 1 aliphatic rings. The van der Waals surface area contributed by atoms with Gasteiger partial charge in [0.15, 0.2) is 0 Å². The second kappa shape index (κ2) is 5.65. The molecule has 0 spiro atoms. The average Bonchev–Trinajstić information content (AvgIpc) is 2.38. The van der Waals surface area contributed by atoms with Crippen LogP contribution in [-0.2, 0) is 16.2 Å². The number of hydrogen-bond donors (Lipinski definition) is 0. The van der Waals surface area contributed by atoms with Gasteiger partial charge in [0.25, 0.3) is 0 Å². The third-order valence-electron chi connectivity index (χ3n) is 3.14. The van der Waals surface area contributed by atoms with Gasteiger partial charge in [0.05, 0.1) is 10.5 Å². The summed E-state index contributed by atoms with van der Waals surface area (Å²) in [5, 5.41) is 0. The normalized spacial score (nSPS) is 21.9. The van der Waals surface area contributed by atoms with Crippen molar-refractivity contribution >= 4 is 26.0 Å². The van der Waals surface area contributed by atoms with Crippen molar-refractivity contribution in [1.82, 2.24) is 4.31 Å². The van der Waals surface area contributed by atoms with E-state index in [1.54, 1.807) is 0 Å². The Morgan fingerprint density at radius 3 is 2.50 bits per heavy atom. The summed E-state index contributed by atoms with van der Waals surface area (Å²) in [5.41, 5.74) is -1.11. The van der Waals surface area contributed by atoms with Gasteiger partial charge in [0.1, 0.15) is 0 Å². The van der Waals surface area contributed by atoms with Crippen molar-refractivity contribution in [3.05, 3.63) is 29.8 Å². The highest BCUT2D eigenvalue weighted by Gasteiger charge is 2.39. The maximum Gasteiger partial charge on any atom is 0.417 e. The molecule has 0 saturated carbocycles. The molecule has 1 aromatic carbocycles. The fourth-order valence-corrected chi connectivity index (χ4v) is 4.78. The molecular formula is C12H13BrF3NO2S. The number of nitrogens with zero attached hydrogens (tertiary/aromatic N) is 1. The van der Waals surface area contributed by atoms with Gasteiger partial charge in [0, 0.05) is 17.9 Å². The van der Waals surface area contributed by atoms with Gasteiger partial charge in [-0.25, -0.2) is 8.42 Å². The molecule has 2 rings (SSSR count). The van der Waals surface area contributed by atoms with Crippen LogP contribution >= 0.6 is 15.9 Å². The molecule has 1 fully saturated rings. The van der Waals surface area contributed by atoms with Gasteiger partial charge in [-0.05, 0) is 25.0 Å². The first kappa shape index (κ1) is 15.8. The molecule has 8 heteroatoms. The highest BCUT2D eigenvalue weighted by atomic mass is 79.9. The average molecular weight is 372 g/mol. The molecule has 1 unspecified atom stereocenters. The predicted octanol–water partition coefficient (Wildman–Crippen LogP) is 3.25. The Labute approximate surface area is 123 Å². The molecule has 1 aromatic rings. The molecule has 0 bridgehead atoms. The van der Waals surface area contributed by atoms with Crippen molar-refractivity contribution in [1.29, 1.82) is 0 Å². The predicted molar refractivity (Wildman–Crippen MR) is 72.2 cm³/mol. The van der Waals surface area contributed by atoms with Crippen molar-refractivity contribution in [3.8, 4) is 0 Å². The van der Waals surface area contributed by atoms with Crippen LogP contribution in [0.5, 0.6) is 0 Å². The van der Waals surface area contributed by atoms with Crippen molar-refractivity contribution in [2.24, 2.45) is 0 Å². The van der Waals surface area contributed by atoms with Crippen molar-refractivity contribution < 1.29 is 21.6 Å². The second-order valence-corrected chi connectivity index (χ2v) is 7.80. The van der Waals surface area contributed by atoms with Crippen molar-refractivity contribution in [3.63, 3.8) is 0 Å². The zero-order valence-corrected chi connectivity index (χ0v) is 12.8. The maximum absolute atomic E-state index is 12.9. The maximum atomic E-state index is 12.9. The summed E-state index contributed by atoms with van der Waals surface area (Å²) in [6, 6.07) is 4.29. The Balaban J connectivity index is 2.45. The van der Waals surface area contributed by atoms with Crippen LogP contribution in [0.2, 0.25) is 0 Å². The summed E-state index contributed by atoms with van der Waals surface area (Å²) >= 11 is 3.32. The van der Waals surface area contributed by atoms with Crippen LogP contribution in [0.3, 0.4) is 0 Å². The van der Waals surface area contributed by atoms with Crippen molar-refractivity contribution in [2.75, 3.05) is 13.1 Å². The SMILES string of the molecule is O=S(=O)(c1ccccc1C(F)(F)F)N1CCCC(Br)C1. The molecule has 112 valence electrons. The Hall–Kier alpha value is -0.600. The molecule has 1 saturated heterocycles. The van der Waals surface area contributed by atoms with Gasteiger partial charge in [-0.2, -0.15) is 17.5 Å². The third-order valence-corrected chi connectivity index (χ3v) is 5.81. The molecule has 1 atom stereocenters. The molecule has 20 heavy (non-hydrogen) atoms. The topological polar surface area (TPSA) is 37.4 Å². The van der Waals surface area contributed by atoms with E-state index in [1.807, 2.05) is 0 Å². The largest absolute Gasteiger partial charge is 0.417 e. The Kier molecular flexibility index (Phi) is 4.46. The van der Waals surface area contributed by atoms with Crippen LogP contribution in [0.25, 0.3) is 0 Å². The van der Waals surface area contributed by atoms with E-state index >= 15 is 0 Å². The van der Waals surface area contributed by atoms with Crippen LogP contribution in [0.4, 0.5) is 13.2 Å². The van der Waals surface area contributed by atoms with Crippen molar-refractivity contribution in [2.45, 2.75) is 28.7 Å². The molecule has 0 aromatic heterocycles. The number of alkyl halides is 4. The summed E-state index contributed by atoms with van der Waals surface area (Å²) < 4.78 is 64.7. The van der Waals surface area contributed by atoms with E-state index < -0.39 is 26.7 Å². The molecule has 1 heterocycles. The molecule has 0 radical (unpaired) electrons. The zero-order chi connectivity index (χ0) is 15.0. The summed E-state index contributed by atoms with van der Waals surface area (Å²) in [7, 11) is -4.13. The Morgan fingerprint density at radius 1 is 1.25 bits per heavy atom. The van der Waals surface area contributed by atoms with Crippen LogP contribution in [0.1, 0.15) is 18.4 Å². The van der Waals surface area contributed by atoms with Crippen LogP contribution in [-0.4, -0.2) is 30.6 Å². The minimum atomic E-state index is -4.69. The van der Waals surface area contributed by atoms with Gasteiger partial charge in [-0.3, -0.25) is 0 Å². The first-order valence-corrected chi connectivity index (χ1v) is 8.39. The van der Waals surface area contributed by atoms with Gasteiger partial charge < -0.3 is 0 Å². The minimum absolute atomic E-state index is 0.0240. The number of hydrogen-bond acceptors (Lipinski definition) is 2. The highest BCUT2D eigenvalue weighted by Crippen LogP contribution is 2.35. The van der Waals surface area contributed by atoms with E-state index in [0.717, 1.165) is 22.9 Å². The molecule has 0 amide bonds. The zero-order valence-electron chi connectivity index (χ0n) is 10.4. The number of benzene rings is 1. The lowest BCUT2D eigenvalue weighted by Gasteiger charge is -2.29. The fourth-order valence-electron chi connectivity index (χ4n) is 2.18. The first-order chi connectivity index (χ1) is 9.23. The molecular weight excluding hydrogens is 359 g/mol. The monoisotopic (exact) mass is 371 g/mol. The summed E-state index contributed by atoms with van der Waals surface area (Å²) in [5.74, 6) is 0. The number of piperidine rings is 1. The van der Waals surface area contributed by atoms with E-state index in [0.29, 0.717) is 6.42 Å². The Bertz CT molecular complexity index is 589. The van der Waals surface area contributed by atoms with E-state index in [9.17, 15) is 21.6 Å². The van der Waals surface area contributed by atoms with Gasteiger partial charge >= 0.3 is 6.18 Å². The molecule has 0 aliphatic carbocycles. The lowest BCUT2D eigenvalue weighted by atomic mass is 10.2. The molecule has 1 aliphatic heterocycles. The number of sulfonamides is 1. The highest BCUT2D eigenvalue weighted by molar-refractivity contribution is 9.09. The van der Waals surface area contributed by atoms with Crippen LogP contribution in [0.15, 0.2) is 29.2 Å². The fraction of sp³-hybridized carbons (Fsp3) is 0.500. The number of rotatable bonds is 2. The summed E-state index contributed by atoms with van der Waals surface area (Å²) in [6.45, 7) is 0.436. The van der Waals surface area contributed by atoms with Crippen LogP contribution < -0.4 is 0 Å². The first-order valence-electron chi connectivity index (χ1n) is 6.03. The minimum Gasteiger partial charge on any atom is -0.207 e. The van der Waals surface area contributed by atoms with Crippen LogP contribution in [0, 0.1) is 0 Å². The summed E-state index contributed by atoms with van der Waals surface area (Å²) in [6.07, 6.45) is -3.25. The number of halogens is 4. The van der Waals surface area contributed by atoms with Gasteiger partial charge in [-0.15, -0.1) is 0 Å². The lowest BCUT2D eigenvalue weighted by Crippen LogP contribution is -2.40. The smallest absolute Gasteiger partial charge is 0.207 e. The Morgan fingerprint density at radius 2 is 1.90 bits per heavy atom. The van der Waals surface area contributed by atoms with E-state index in [-0.39, 0.29) is 17.9 Å². The van der Waals surface area contributed by atoms with Gasteiger partial charge in [0.2, 0.25) is 10.0 Å².